The largest absolute Gasteiger partial charge is 0.497 e. The van der Waals surface area contributed by atoms with E-state index in [0.29, 0.717) is 6.04 Å². The third-order valence-electron chi connectivity index (χ3n) is 2.83. The maximum atomic E-state index is 5.16. The van der Waals surface area contributed by atoms with Gasteiger partial charge in [0.1, 0.15) is 5.75 Å². The van der Waals surface area contributed by atoms with E-state index < -0.39 is 0 Å². The van der Waals surface area contributed by atoms with Crippen molar-refractivity contribution in [2.24, 2.45) is 0 Å². The predicted octanol–water partition coefficient (Wildman–Crippen LogP) is 4.37. The Morgan fingerprint density at radius 1 is 1.22 bits per heavy atom. The van der Waals surface area contributed by atoms with E-state index in [4.69, 9.17) is 4.74 Å². The summed E-state index contributed by atoms with van der Waals surface area (Å²) in [5.74, 6) is 0.896. The molecule has 0 aliphatic rings. The number of benzene rings is 1. The van der Waals surface area contributed by atoms with Crippen LogP contribution in [0.5, 0.6) is 5.75 Å². The molecule has 2 rings (SSSR count). The lowest BCUT2D eigenvalue weighted by atomic mass is 10.1. The Balaban J connectivity index is 1.92. The average Bonchev–Trinajstić information content (AvgIpc) is 2.82. The monoisotopic (exact) mass is 325 g/mol. The van der Waals surface area contributed by atoms with Gasteiger partial charge in [0.15, 0.2) is 0 Å². The number of halogens is 1. The van der Waals surface area contributed by atoms with Crippen molar-refractivity contribution in [3.63, 3.8) is 0 Å². The molecule has 0 unspecified atom stereocenters. The minimum atomic E-state index is 0.330. The molecule has 1 aromatic heterocycles. The molecule has 0 aliphatic carbocycles. The summed E-state index contributed by atoms with van der Waals surface area (Å²) in [5.41, 5.74) is 1.27. The van der Waals surface area contributed by atoms with Crippen LogP contribution in [-0.4, -0.2) is 7.11 Å². The van der Waals surface area contributed by atoms with Gasteiger partial charge in [-0.05, 0) is 52.7 Å². The number of hydrogen-bond donors (Lipinski definition) is 1. The SMILES string of the molecule is COc1ccc([C@H](C)NCc2ccc(Br)s2)cc1. The minimum absolute atomic E-state index is 0.330. The minimum Gasteiger partial charge on any atom is -0.497 e. The van der Waals surface area contributed by atoms with E-state index in [1.807, 2.05) is 12.1 Å². The number of ether oxygens (including phenoxy) is 1. The summed E-state index contributed by atoms with van der Waals surface area (Å²) in [6, 6.07) is 12.7. The molecule has 2 aromatic rings. The third-order valence-corrected chi connectivity index (χ3v) is 4.45. The van der Waals surface area contributed by atoms with Gasteiger partial charge >= 0.3 is 0 Å². The van der Waals surface area contributed by atoms with Crippen LogP contribution >= 0.6 is 27.3 Å². The molecule has 0 radical (unpaired) electrons. The lowest BCUT2D eigenvalue weighted by Gasteiger charge is -2.14. The first-order valence-electron chi connectivity index (χ1n) is 5.80. The van der Waals surface area contributed by atoms with Crippen molar-refractivity contribution in [1.29, 1.82) is 0 Å². The van der Waals surface area contributed by atoms with Crippen LogP contribution in [0.1, 0.15) is 23.4 Å². The van der Waals surface area contributed by atoms with Crippen LogP contribution in [0, 0.1) is 0 Å². The second-order valence-electron chi connectivity index (χ2n) is 4.08. The fourth-order valence-corrected chi connectivity index (χ4v) is 3.14. The summed E-state index contributed by atoms with van der Waals surface area (Å²) in [4.78, 5) is 1.34. The van der Waals surface area contributed by atoms with Gasteiger partial charge in [0.05, 0.1) is 10.9 Å². The number of thiophene rings is 1. The molecule has 0 saturated carbocycles. The Labute approximate surface area is 120 Å². The molecule has 4 heteroatoms. The average molecular weight is 326 g/mol. The topological polar surface area (TPSA) is 21.3 Å². The highest BCUT2D eigenvalue weighted by Crippen LogP contribution is 2.23. The predicted molar refractivity (Wildman–Crippen MR) is 80.3 cm³/mol. The molecule has 1 atom stereocenters. The molecule has 0 spiro atoms. The van der Waals surface area contributed by atoms with Gasteiger partial charge in [-0.1, -0.05) is 12.1 Å². The van der Waals surface area contributed by atoms with Crippen LogP contribution in [0.4, 0.5) is 0 Å². The second-order valence-corrected chi connectivity index (χ2v) is 6.63. The first-order chi connectivity index (χ1) is 8.69. The Morgan fingerprint density at radius 3 is 2.50 bits per heavy atom. The van der Waals surface area contributed by atoms with E-state index in [9.17, 15) is 0 Å². The summed E-state index contributed by atoms with van der Waals surface area (Å²) in [6.45, 7) is 3.06. The molecule has 1 aromatic carbocycles. The lowest BCUT2D eigenvalue weighted by Crippen LogP contribution is -2.17. The molecule has 0 bridgehead atoms. The quantitative estimate of drug-likeness (QED) is 0.881. The van der Waals surface area contributed by atoms with E-state index in [-0.39, 0.29) is 0 Å². The molecule has 0 aliphatic heterocycles. The van der Waals surface area contributed by atoms with Gasteiger partial charge in [-0.15, -0.1) is 11.3 Å². The standard InChI is InChI=1S/C14H16BrNOS/c1-10(11-3-5-12(17-2)6-4-11)16-9-13-7-8-14(15)18-13/h3-8,10,16H,9H2,1-2H3/t10-/m0/s1. The van der Waals surface area contributed by atoms with Gasteiger partial charge in [-0.2, -0.15) is 0 Å². The maximum Gasteiger partial charge on any atom is 0.118 e. The highest BCUT2D eigenvalue weighted by atomic mass is 79.9. The molecule has 18 heavy (non-hydrogen) atoms. The fraction of sp³-hybridized carbons (Fsp3) is 0.286. The van der Waals surface area contributed by atoms with Gasteiger partial charge < -0.3 is 10.1 Å². The highest BCUT2D eigenvalue weighted by molar-refractivity contribution is 9.11. The Bertz CT molecular complexity index is 495. The van der Waals surface area contributed by atoms with Gasteiger partial charge in [-0.25, -0.2) is 0 Å². The zero-order chi connectivity index (χ0) is 13.0. The van der Waals surface area contributed by atoms with Gasteiger partial charge in [0.2, 0.25) is 0 Å². The molecule has 1 heterocycles. The summed E-state index contributed by atoms with van der Waals surface area (Å²) in [6.07, 6.45) is 0. The maximum absolute atomic E-state index is 5.16. The van der Waals surface area contributed by atoms with Crippen LogP contribution in [0.3, 0.4) is 0 Å². The first kappa shape index (κ1) is 13.6. The molecular formula is C14H16BrNOS. The molecule has 0 fully saturated rings. The number of methoxy groups -OCH3 is 1. The van der Waals surface area contributed by atoms with Crippen molar-refractivity contribution in [2.45, 2.75) is 19.5 Å². The van der Waals surface area contributed by atoms with Crippen molar-refractivity contribution in [3.8, 4) is 5.75 Å². The Kier molecular flexibility index (Phi) is 4.80. The fourth-order valence-electron chi connectivity index (χ4n) is 1.71. The normalized spacial score (nSPS) is 12.4. The number of nitrogens with one attached hydrogen (secondary N) is 1. The molecule has 1 N–H and O–H groups in total. The van der Waals surface area contributed by atoms with Crippen molar-refractivity contribution in [3.05, 3.63) is 50.6 Å². The van der Waals surface area contributed by atoms with Crippen LogP contribution in [0.25, 0.3) is 0 Å². The first-order valence-corrected chi connectivity index (χ1v) is 7.41. The zero-order valence-corrected chi connectivity index (χ0v) is 12.8. The lowest BCUT2D eigenvalue weighted by molar-refractivity contribution is 0.414. The summed E-state index contributed by atoms with van der Waals surface area (Å²) < 4.78 is 6.33. The van der Waals surface area contributed by atoms with Crippen LogP contribution in [-0.2, 0) is 6.54 Å². The molecule has 0 amide bonds. The molecule has 0 saturated heterocycles. The Morgan fingerprint density at radius 2 is 1.94 bits per heavy atom. The van der Waals surface area contributed by atoms with Crippen molar-refractivity contribution in [2.75, 3.05) is 7.11 Å². The summed E-state index contributed by atoms with van der Waals surface area (Å²) in [7, 11) is 1.69. The smallest absolute Gasteiger partial charge is 0.118 e. The second kappa shape index (κ2) is 6.36. The van der Waals surface area contributed by atoms with Crippen LogP contribution in [0.2, 0.25) is 0 Å². The van der Waals surface area contributed by atoms with Crippen molar-refractivity contribution in [1.82, 2.24) is 5.32 Å². The number of rotatable bonds is 5. The summed E-state index contributed by atoms with van der Waals surface area (Å²) >= 11 is 5.24. The van der Waals surface area contributed by atoms with Gasteiger partial charge in [0.25, 0.3) is 0 Å². The van der Waals surface area contributed by atoms with Crippen molar-refractivity contribution < 1.29 is 4.74 Å². The van der Waals surface area contributed by atoms with E-state index >= 15 is 0 Å². The van der Waals surface area contributed by atoms with E-state index in [2.05, 4.69) is 52.4 Å². The van der Waals surface area contributed by atoms with Crippen molar-refractivity contribution >= 4 is 27.3 Å². The molecule has 96 valence electrons. The molecule has 2 nitrogen and oxygen atoms in total. The Hall–Kier alpha value is -0.840. The van der Waals surface area contributed by atoms with Gasteiger partial charge in [-0.3, -0.25) is 0 Å². The van der Waals surface area contributed by atoms with Gasteiger partial charge in [0, 0.05) is 17.5 Å². The summed E-state index contributed by atoms with van der Waals surface area (Å²) in [5, 5.41) is 3.51. The van der Waals surface area contributed by atoms with E-state index in [1.165, 1.54) is 14.2 Å². The molecular weight excluding hydrogens is 310 g/mol. The third kappa shape index (κ3) is 3.57. The van der Waals surface area contributed by atoms with Crippen LogP contribution < -0.4 is 10.1 Å². The van der Waals surface area contributed by atoms with Crippen LogP contribution in [0.15, 0.2) is 40.2 Å². The van der Waals surface area contributed by atoms with E-state index in [1.54, 1.807) is 18.4 Å². The zero-order valence-electron chi connectivity index (χ0n) is 10.4. The number of hydrogen-bond acceptors (Lipinski definition) is 3. The highest BCUT2D eigenvalue weighted by Gasteiger charge is 2.05. The van der Waals surface area contributed by atoms with E-state index in [0.717, 1.165) is 12.3 Å².